The molecule has 0 saturated heterocycles. The maximum atomic E-state index is 5.81. The Morgan fingerprint density at radius 3 is 2.82 bits per heavy atom. The zero-order valence-electron chi connectivity index (χ0n) is 9.37. The van der Waals surface area contributed by atoms with E-state index in [0.29, 0.717) is 10.8 Å². The van der Waals surface area contributed by atoms with Crippen LogP contribution in [0.4, 0.5) is 0 Å². The van der Waals surface area contributed by atoms with Crippen molar-refractivity contribution in [2.45, 2.75) is 24.7 Å². The van der Waals surface area contributed by atoms with Gasteiger partial charge in [0.25, 0.3) is 0 Å². The topological polar surface area (TPSA) is 38.9 Å². The van der Waals surface area contributed by atoms with Crippen molar-refractivity contribution in [1.29, 1.82) is 0 Å². The molecule has 5 rings (SSSR count). The van der Waals surface area contributed by atoms with Gasteiger partial charge in [-0.3, -0.25) is 0 Å². The van der Waals surface area contributed by atoms with Gasteiger partial charge in [-0.15, -0.1) is 11.3 Å². The quantitative estimate of drug-likeness (QED) is 0.923. The van der Waals surface area contributed by atoms with Gasteiger partial charge in [-0.25, -0.2) is 4.98 Å². The second kappa shape index (κ2) is 3.11. The molecular weight excluding hydrogens is 296 g/mol. The summed E-state index contributed by atoms with van der Waals surface area (Å²) in [7, 11) is 0. The third kappa shape index (κ3) is 1.26. The van der Waals surface area contributed by atoms with Gasteiger partial charge in [0.1, 0.15) is 5.01 Å². The molecule has 2 aromatic rings. The molecule has 0 unspecified atom stereocenters. The minimum absolute atomic E-state index is 0.398. The van der Waals surface area contributed by atoms with Crippen molar-refractivity contribution >= 4 is 37.5 Å². The summed E-state index contributed by atoms with van der Waals surface area (Å²) in [5.41, 5.74) is 7.84. The second-order valence-electron chi connectivity index (χ2n) is 5.65. The van der Waals surface area contributed by atoms with Crippen LogP contribution in [0.15, 0.2) is 22.7 Å². The van der Waals surface area contributed by atoms with Crippen LogP contribution in [0.5, 0.6) is 0 Å². The molecule has 1 aromatic carbocycles. The lowest BCUT2D eigenvalue weighted by Gasteiger charge is -2.69. The number of halogens is 1. The molecule has 3 saturated carbocycles. The lowest BCUT2D eigenvalue weighted by atomic mass is 9.35. The van der Waals surface area contributed by atoms with Crippen LogP contribution in [0.1, 0.15) is 24.3 Å². The summed E-state index contributed by atoms with van der Waals surface area (Å²) < 4.78 is 2.43. The first-order valence-electron chi connectivity index (χ1n) is 5.92. The smallest absolute Gasteiger partial charge is 0.100 e. The fourth-order valence-corrected chi connectivity index (χ4v) is 5.27. The van der Waals surface area contributed by atoms with Gasteiger partial charge in [0.2, 0.25) is 0 Å². The number of nitrogens with zero attached hydrogens (tertiary/aromatic N) is 1. The number of rotatable bonds is 2. The van der Waals surface area contributed by atoms with Crippen molar-refractivity contribution < 1.29 is 0 Å². The molecule has 2 nitrogen and oxygen atoms in total. The maximum Gasteiger partial charge on any atom is 0.100 e. The molecule has 0 aliphatic heterocycles. The minimum atomic E-state index is 0.398. The summed E-state index contributed by atoms with van der Waals surface area (Å²) in [5, 5.41) is 1.33. The molecule has 0 atom stereocenters. The third-order valence-electron chi connectivity index (χ3n) is 4.38. The number of nitrogens with two attached hydrogens (primary N) is 1. The van der Waals surface area contributed by atoms with E-state index < -0.39 is 0 Å². The largest absolute Gasteiger partial charge is 0.330 e. The summed E-state index contributed by atoms with van der Waals surface area (Å²) in [6.45, 7) is 0.852. The average Bonchev–Trinajstić information content (AvgIpc) is 2.57. The standard InChI is InChI=1S/C13H13BrN2S/c14-8-1-2-9-10(3-8)17-11(16-9)13-4-12(5-13,6-13)7-15/h1-3H,4-7,15H2. The van der Waals surface area contributed by atoms with Crippen molar-refractivity contribution in [3.8, 4) is 0 Å². The molecule has 88 valence electrons. The Morgan fingerprint density at radius 1 is 1.35 bits per heavy atom. The van der Waals surface area contributed by atoms with Crippen LogP contribution in [-0.2, 0) is 5.41 Å². The Balaban J connectivity index is 1.74. The number of aromatic nitrogens is 1. The molecular formula is C13H13BrN2S. The molecule has 4 heteroatoms. The molecule has 3 aliphatic rings. The highest BCUT2D eigenvalue weighted by Gasteiger charge is 2.68. The Kier molecular flexibility index (Phi) is 1.91. The SMILES string of the molecule is NCC12CC(c3nc4ccc(Br)cc4s3)(C1)C2. The Bertz CT molecular complexity index is 599. The maximum absolute atomic E-state index is 5.81. The molecule has 17 heavy (non-hydrogen) atoms. The lowest BCUT2D eigenvalue weighted by molar-refractivity contribution is -0.132. The number of hydrogen-bond donors (Lipinski definition) is 1. The van der Waals surface area contributed by atoms with Crippen LogP contribution >= 0.6 is 27.3 Å². The average molecular weight is 309 g/mol. The summed E-state index contributed by atoms with van der Waals surface area (Å²) in [5.74, 6) is 0. The fraction of sp³-hybridized carbons (Fsp3) is 0.462. The van der Waals surface area contributed by atoms with Gasteiger partial charge in [0.15, 0.2) is 0 Å². The van der Waals surface area contributed by atoms with Crippen molar-refractivity contribution in [2.75, 3.05) is 6.54 Å². The third-order valence-corrected chi connectivity index (χ3v) is 6.14. The summed E-state index contributed by atoms with van der Waals surface area (Å²) in [6, 6.07) is 6.33. The highest BCUT2D eigenvalue weighted by Crippen LogP contribution is 2.73. The molecule has 1 aromatic heterocycles. The lowest BCUT2D eigenvalue weighted by Crippen LogP contribution is -2.67. The van der Waals surface area contributed by atoms with Gasteiger partial charge >= 0.3 is 0 Å². The number of fused-ring (bicyclic) bond motifs is 1. The van der Waals surface area contributed by atoms with Gasteiger partial charge in [-0.1, -0.05) is 15.9 Å². The Labute approximate surface area is 112 Å². The van der Waals surface area contributed by atoms with Crippen molar-refractivity contribution in [1.82, 2.24) is 4.98 Å². The van der Waals surface area contributed by atoms with Crippen LogP contribution < -0.4 is 5.73 Å². The Morgan fingerprint density at radius 2 is 2.12 bits per heavy atom. The van der Waals surface area contributed by atoms with E-state index >= 15 is 0 Å². The predicted molar refractivity (Wildman–Crippen MR) is 74.3 cm³/mol. The molecule has 3 aliphatic carbocycles. The number of benzene rings is 1. The first-order chi connectivity index (χ1) is 8.15. The number of hydrogen-bond acceptors (Lipinski definition) is 3. The van der Waals surface area contributed by atoms with Crippen molar-refractivity contribution in [3.05, 3.63) is 27.7 Å². The van der Waals surface area contributed by atoms with Crippen molar-refractivity contribution in [3.63, 3.8) is 0 Å². The van der Waals surface area contributed by atoms with E-state index in [9.17, 15) is 0 Å². The van der Waals surface area contributed by atoms with Crippen LogP contribution in [0.2, 0.25) is 0 Å². The molecule has 0 spiro atoms. The molecule has 2 N–H and O–H groups in total. The summed E-state index contributed by atoms with van der Waals surface area (Å²) >= 11 is 5.37. The zero-order valence-corrected chi connectivity index (χ0v) is 11.8. The van der Waals surface area contributed by atoms with Crippen LogP contribution in [-0.4, -0.2) is 11.5 Å². The molecule has 3 fully saturated rings. The summed E-state index contributed by atoms with van der Waals surface area (Å²) in [6.07, 6.45) is 3.78. The minimum Gasteiger partial charge on any atom is -0.330 e. The zero-order chi connectivity index (χ0) is 11.7. The van der Waals surface area contributed by atoms with Crippen LogP contribution in [0.25, 0.3) is 10.2 Å². The predicted octanol–water partition coefficient (Wildman–Crippen LogP) is 3.44. The van der Waals surface area contributed by atoms with E-state index in [4.69, 9.17) is 10.7 Å². The van der Waals surface area contributed by atoms with Crippen LogP contribution in [0.3, 0.4) is 0 Å². The molecule has 0 radical (unpaired) electrons. The fourth-order valence-electron chi connectivity index (χ4n) is 3.57. The summed E-state index contributed by atoms with van der Waals surface area (Å²) in [4.78, 5) is 4.81. The van der Waals surface area contributed by atoms with Gasteiger partial charge in [-0.2, -0.15) is 0 Å². The monoisotopic (exact) mass is 308 g/mol. The van der Waals surface area contributed by atoms with E-state index in [2.05, 4.69) is 34.1 Å². The van der Waals surface area contributed by atoms with Crippen molar-refractivity contribution in [2.24, 2.45) is 11.1 Å². The van der Waals surface area contributed by atoms with Crippen LogP contribution in [0, 0.1) is 5.41 Å². The van der Waals surface area contributed by atoms with Gasteiger partial charge < -0.3 is 5.73 Å². The van der Waals surface area contributed by atoms with Gasteiger partial charge in [-0.05, 0) is 49.4 Å². The van der Waals surface area contributed by atoms with E-state index in [1.54, 1.807) is 0 Å². The van der Waals surface area contributed by atoms with E-state index in [0.717, 1.165) is 16.5 Å². The normalized spacial score (nSPS) is 34.5. The highest BCUT2D eigenvalue weighted by atomic mass is 79.9. The van der Waals surface area contributed by atoms with E-state index in [1.165, 1.54) is 29.0 Å². The number of thiazole rings is 1. The van der Waals surface area contributed by atoms with Gasteiger partial charge in [0, 0.05) is 9.89 Å². The molecule has 1 heterocycles. The van der Waals surface area contributed by atoms with E-state index in [-0.39, 0.29) is 0 Å². The first kappa shape index (κ1) is 10.5. The Hall–Kier alpha value is -0.450. The van der Waals surface area contributed by atoms with E-state index in [1.807, 2.05) is 11.3 Å². The second-order valence-corrected chi connectivity index (χ2v) is 7.59. The first-order valence-corrected chi connectivity index (χ1v) is 7.53. The molecule has 2 bridgehead atoms. The highest BCUT2D eigenvalue weighted by molar-refractivity contribution is 9.10. The molecule has 0 amide bonds. The van der Waals surface area contributed by atoms with Gasteiger partial charge in [0.05, 0.1) is 10.2 Å².